The average molecular weight is 189 g/mol. The number of aromatic nitrogens is 3. The monoisotopic (exact) mass is 189 g/mol. The Labute approximate surface area is 82.0 Å². The van der Waals surface area contributed by atoms with E-state index in [1.807, 2.05) is 6.07 Å². The lowest BCUT2D eigenvalue weighted by Gasteiger charge is -2.03. The number of hydrogen-bond donors (Lipinski definition) is 0. The molecule has 0 N–H and O–H groups in total. The third-order valence-electron chi connectivity index (χ3n) is 2.12. The van der Waals surface area contributed by atoms with Crippen LogP contribution in [0.1, 0.15) is 12.6 Å². The second kappa shape index (κ2) is 3.57. The molecule has 0 bridgehead atoms. The predicted octanol–water partition coefficient (Wildman–Crippen LogP) is 1.60. The minimum Gasteiger partial charge on any atom is -0.481 e. The first-order valence-electron chi connectivity index (χ1n) is 4.48. The van der Waals surface area contributed by atoms with Crippen LogP contribution in [-0.2, 0) is 6.42 Å². The standard InChI is InChI=1S/C10H11N3O/c1-3-8-7-4-10(14-2)11-5-9(7)13-6-12-8/h4-6H,3H2,1-2H3. The van der Waals surface area contributed by atoms with Crippen molar-refractivity contribution in [2.45, 2.75) is 13.3 Å². The van der Waals surface area contributed by atoms with Crippen molar-refractivity contribution < 1.29 is 4.74 Å². The molecule has 2 rings (SSSR count). The van der Waals surface area contributed by atoms with Crippen molar-refractivity contribution in [3.63, 3.8) is 0 Å². The maximum atomic E-state index is 5.06. The van der Waals surface area contributed by atoms with Gasteiger partial charge in [-0.15, -0.1) is 0 Å². The highest BCUT2D eigenvalue weighted by Gasteiger charge is 2.03. The number of methoxy groups -OCH3 is 1. The molecule has 0 aliphatic rings. The van der Waals surface area contributed by atoms with Crippen LogP contribution in [0, 0.1) is 0 Å². The van der Waals surface area contributed by atoms with E-state index in [9.17, 15) is 0 Å². The van der Waals surface area contributed by atoms with Crippen LogP contribution in [0.5, 0.6) is 5.88 Å². The van der Waals surface area contributed by atoms with Crippen molar-refractivity contribution in [1.82, 2.24) is 15.0 Å². The first-order valence-corrected chi connectivity index (χ1v) is 4.48. The van der Waals surface area contributed by atoms with Crippen molar-refractivity contribution in [3.05, 3.63) is 24.3 Å². The average Bonchev–Trinajstić information content (AvgIpc) is 2.27. The molecule has 0 aliphatic heterocycles. The van der Waals surface area contributed by atoms with E-state index in [0.717, 1.165) is 23.0 Å². The first kappa shape index (κ1) is 8.87. The second-order valence-corrected chi connectivity index (χ2v) is 2.92. The summed E-state index contributed by atoms with van der Waals surface area (Å²) >= 11 is 0. The Bertz CT molecular complexity index is 456. The third kappa shape index (κ3) is 1.39. The minimum absolute atomic E-state index is 0.599. The highest BCUT2D eigenvalue weighted by molar-refractivity contribution is 5.80. The van der Waals surface area contributed by atoms with E-state index >= 15 is 0 Å². The van der Waals surface area contributed by atoms with E-state index < -0.39 is 0 Å². The smallest absolute Gasteiger partial charge is 0.213 e. The van der Waals surface area contributed by atoms with Gasteiger partial charge in [0.2, 0.25) is 5.88 Å². The van der Waals surface area contributed by atoms with Gasteiger partial charge in [0.25, 0.3) is 0 Å². The van der Waals surface area contributed by atoms with Crippen LogP contribution in [0.25, 0.3) is 10.9 Å². The number of aryl methyl sites for hydroxylation is 1. The summed E-state index contributed by atoms with van der Waals surface area (Å²) in [5.74, 6) is 0.599. The third-order valence-corrected chi connectivity index (χ3v) is 2.12. The first-order chi connectivity index (χ1) is 6.85. The molecular weight excluding hydrogens is 178 g/mol. The second-order valence-electron chi connectivity index (χ2n) is 2.92. The Kier molecular flexibility index (Phi) is 2.26. The van der Waals surface area contributed by atoms with E-state index in [0.29, 0.717) is 5.88 Å². The Morgan fingerprint density at radius 2 is 2.14 bits per heavy atom. The summed E-state index contributed by atoms with van der Waals surface area (Å²) in [4.78, 5) is 12.4. The molecule has 0 radical (unpaired) electrons. The minimum atomic E-state index is 0.599. The molecule has 0 aromatic carbocycles. The van der Waals surface area contributed by atoms with Crippen LogP contribution in [0.2, 0.25) is 0 Å². The molecule has 0 fully saturated rings. The van der Waals surface area contributed by atoms with Crippen LogP contribution in [-0.4, -0.2) is 22.1 Å². The molecule has 0 spiro atoms. The zero-order chi connectivity index (χ0) is 9.97. The molecule has 4 heteroatoms. The lowest BCUT2D eigenvalue weighted by Crippen LogP contribution is -1.94. The zero-order valence-corrected chi connectivity index (χ0v) is 8.19. The number of nitrogens with zero attached hydrogens (tertiary/aromatic N) is 3. The molecule has 72 valence electrons. The fourth-order valence-electron chi connectivity index (χ4n) is 1.39. The topological polar surface area (TPSA) is 47.9 Å². The summed E-state index contributed by atoms with van der Waals surface area (Å²) < 4.78 is 5.06. The van der Waals surface area contributed by atoms with Crippen LogP contribution in [0.15, 0.2) is 18.6 Å². The lowest BCUT2D eigenvalue weighted by molar-refractivity contribution is 0.398. The highest BCUT2D eigenvalue weighted by Crippen LogP contribution is 2.18. The molecule has 4 nitrogen and oxygen atoms in total. The highest BCUT2D eigenvalue weighted by atomic mass is 16.5. The van der Waals surface area contributed by atoms with Gasteiger partial charge in [0, 0.05) is 11.5 Å². The molecule has 0 saturated carbocycles. The van der Waals surface area contributed by atoms with E-state index in [1.165, 1.54) is 0 Å². The summed E-state index contributed by atoms with van der Waals surface area (Å²) in [6.07, 6.45) is 4.15. The molecule has 0 atom stereocenters. The predicted molar refractivity (Wildman–Crippen MR) is 53.3 cm³/mol. The van der Waals surface area contributed by atoms with E-state index in [-0.39, 0.29) is 0 Å². The van der Waals surface area contributed by atoms with Crippen molar-refractivity contribution >= 4 is 10.9 Å². The molecule has 0 saturated heterocycles. The van der Waals surface area contributed by atoms with Gasteiger partial charge < -0.3 is 4.74 Å². The number of ether oxygens (including phenoxy) is 1. The maximum Gasteiger partial charge on any atom is 0.213 e. The van der Waals surface area contributed by atoms with Gasteiger partial charge in [0.15, 0.2) is 0 Å². The van der Waals surface area contributed by atoms with Crippen molar-refractivity contribution in [3.8, 4) is 5.88 Å². The summed E-state index contributed by atoms with van der Waals surface area (Å²) in [6.45, 7) is 2.06. The summed E-state index contributed by atoms with van der Waals surface area (Å²) in [5.41, 5.74) is 1.88. The Balaban J connectivity index is 2.70. The summed E-state index contributed by atoms with van der Waals surface area (Å²) in [7, 11) is 1.60. The molecule has 14 heavy (non-hydrogen) atoms. The molecule has 0 amide bonds. The summed E-state index contributed by atoms with van der Waals surface area (Å²) in [5, 5.41) is 1.02. The molecule has 0 aliphatic carbocycles. The quantitative estimate of drug-likeness (QED) is 0.719. The Hall–Kier alpha value is -1.71. The van der Waals surface area contributed by atoms with Gasteiger partial charge in [-0.25, -0.2) is 15.0 Å². The van der Waals surface area contributed by atoms with Gasteiger partial charge in [-0.3, -0.25) is 0 Å². The van der Waals surface area contributed by atoms with Gasteiger partial charge in [0.1, 0.15) is 6.33 Å². The van der Waals surface area contributed by atoms with Crippen molar-refractivity contribution in [2.75, 3.05) is 7.11 Å². The Morgan fingerprint density at radius 1 is 1.29 bits per heavy atom. The fraction of sp³-hybridized carbons (Fsp3) is 0.300. The number of hydrogen-bond acceptors (Lipinski definition) is 4. The van der Waals surface area contributed by atoms with Gasteiger partial charge >= 0.3 is 0 Å². The van der Waals surface area contributed by atoms with Crippen LogP contribution in [0.3, 0.4) is 0 Å². The largest absolute Gasteiger partial charge is 0.481 e. The van der Waals surface area contributed by atoms with Gasteiger partial charge in [-0.05, 0) is 6.42 Å². The van der Waals surface area contributed by atoms with Gasteiger partial charge in [0.05, 0.1) is 24.5 Å². The normalized spacial score (nSPS) is 10.4. The Morgan fingerprint density at radius 3 is 2.86 bits per heavy atom. The van der Waals surface area contributed by atoms with Crippen molar-refractivity contribution in [2.24, 2.45) is 0 Å². The number of pyridine rings is 1. The zero-order valence-electron chi connectivity index (χ0n) is 8.19. The van der Waals surface area contributed by atoms with E-state index in [4.69, 9.17) is 4.74 Å². The number of rotatable bonds is 2. The van der Waals surface area contributed by atoms with Crippen LogP contribution >= 0.6 is 0 Å². The van der Waals surface area contributed by atoms with Crippen LogP contribution < -0.4 is 4.74 Å². The lowest BCUT2D eigenvalue weighted by atomic mass is 10.2. The van der Waals surface area contributed by atoms with Crippen LogP contribution in [0.4, 0.5) is 0 Å². The molecular formula is C10H11N3O. The van der Waals surface area contributed by atoms with E-state index in [2.05, 4.69) is 21.9 Å². The fourth-order valence-corrected chi connectivity index (χ4v) is 1.39. The molecule has 0 unspecified atom stereocenters. The molecule has 2 aromatic rings. The van der Waals surface area contributed by atoms with Crippen molar-refractivity contribution in [1.29, 1.82) is 0 Å². The van der Waals surface area contributed by atoms with E-state index in [1.54, 1.807) is 19.6 Å². The molecule has 2 heterocycles. The summed E-state index contributed by atoms with van der Waals surface area (Å²) in [6, 6.07) is 1.87. The SMILES string of the molecule is CCc1ncnc2cnc(OC)cc12. The number of fused-ring (bicyclic) bond motifs is 1. The van der Waals surface area contributed by atoms with Gasteiger partial charge in [-0.2, -0.15) is 0 Å². The molecule has 2 aromatic heterocycles. The maximum absolute atomic E-state index is 5.06. The van der Waals surface area contributed by atoms with Gasteiger partial charge in [-0.1, -0.05) is 6.92 Å².